The lowest BCUT2D eigenvalue weighted by Crippen LogP contribution is -2.45. The monoisotopic (exact) mass is 517 g/mol. The zero-order chi connectivity index (χ0) is 25.2. The zero-order valence-electron chi connectivity index (χ0n) is 19.2. The van der Waals surface area contributed by atoms with Gasteiger partial charge in [-0.25, -0.2) is 4.79 Å². The SMILES string of the molecule is O=C1N[C@H]2CN(C(=O)CN3C(=O)CNC3=O)C[C@@H]2OCc2cn(nn2)CCCOc2cc1ccc2Cl. The van der Waals surface area contributed by atoms with Crippen molar-refractivity contribution in [2.45, 2.75) is 31.7 Å². The van der Waals surface area contributed by atoms with Crippen molar-refractivity contribution in [2.24, 2.45) is 0 Å². The van der Waals surface area contributed by atoms with Gasteiger partial charge in [-0.2, -0.15) is 0 Å². The molecule has 2 N–H and O–H groups in total. The minimum Gasteiger partial charge on any atom is -0.492 e. The number of ether oxygens (including phenoxy) is 2. The number of fused-ring (bicyclic) bond motifs is 5. The number of imide groups is 1. The number of hydrogen-bond acceptors (Lipinski definition) is 8. The third-order valence-electron chi connectivity index (χ3n) is 6.18. The van der Waals surface area contributed by atoms with Crippen LogP contribution < -0.4 is 15.4 Å². The molecule has 0 unspecified atom stereocenters. The Kier molecular flexibility index (Phi) is 6.74. The van der Waals surface area contributed by atoms with Gasteiger partial charge in [-0.05, 0) is 18.2 Å². The van der Waals surface area contributed by atoms with Crippen molar-refractivity contribution in [2.75, 3.05) is 32.8 Å². The summed E-state index contributed by atoms with van der Waals surface area (Å²) in [5.41, 5.74) is 0.950. The molecule has 4 heterocycles. The summed E-state index contributed by atoms with van der Waals surface area (Å²) < 4.78 is 13.5. The number of hydrogen-bond donors (Lipinski definition) is 2. The molecule has 3 aliphatic heterocycles. The van der Waals surface area contributed by atoms with E-state index in [0.717, 1.165) is 4.90 Å². The Morgan fingerprint density at radius 1 is 1.22 bits per heavy atom. The summed E-state index contributed by atoms with van der Waals surface area (Å²) in [4.78, 5) is 52.0. The Balaban J connectivity index is 1.35. The van der Waals surface area contributed by atoms with E-state index in [2.05, 4.69) is 20.9 Å². The maximum Gasteiger partial charge on any atom is 0.325 e. The normalized spacial score (nSPS) is 22.6. The number of carbonyl (C=O) groups is 4. The van der Waals surface area contributed by atoms with E-state index in [1.807, 2.05) is 0 Å². The summed E-state index contributed by atoms with van der Waals surface area (Å²) in [5.74, 6) is -0.881. The number of aromatic nitrogens is 3. The van der Waals surface area contributed by atoms with Crippen LogP contribution in [0, 0.1) is 0 Å². The second-order valence-corrected chi connectivity index (χ2v) is 9.09. The molecule has 14 heteroatoms. The summed E-state index contributed by atoms with van der Waals surface area (Å²) in [6.45, 7) is 0.860. The fourth-order valence-corrected chi connectivity index (χ4v) is 4.43. The van der Waals surface area contributed by atoms with Crippen LogP contribution in [-0.2, 0) is 27.5 Å². The molecule has 36 heavy (non-hydrogen) atoms. The maximum atomic E-state index is 13.1. The van der Waals surface area contributed by atoms with Crippen LogP contribution in [-0.4, -0.2) is 93.5 Å². The van der Waals surface area contributed by atoms with Crippen molar-refractivity contribution in [3.63, 3.8) is 0 Å². The van der Waals surface area contributed by atoms with Crippen molar-refractivity contribution in [1.82, 2.24) is 35.4 Å². The van der Waals surface area contributed by atoms with E-state index in [1.165, 1.54) is 4.90 Å². The fraction of sp³-hybridized carbons (Fsp3) is 0.455. The van der Waals surface area contributed by atoms with Gasteiger partial charge in [0.2, 0.25) is 5.91 Å². The molecule has 0 saturated carbocycles. The van der Waals surface area contributed by atoms with Crippen LogP contribution in [0.15, 0.2) is 24.4 Å². The standard InChI is InChI=1S/C22H24ClN7O6/c23-15-3-2-13-6-17(15)35-5-1-4-29-8-14(26-27-29)12-36-18-10-28(9-16(18)25-21(13)33)20(32)11-30-19(31)7-24-22(30)34/h2-3,6,8,16,18H,1,4-5,7,9-12H2,(H,24,34)(H,25,33)/t16-,18-/m0/s1. The van der Waals surface area contributed by atoms with E-state index in [1.54, 1.807) is 29.1 Å². The summed E-state index contributed by atoms with van der Waals surface area (Å²) in [7, 11) is 0. The molecule has 1 aromatic carbocycles. The molecule has 1 aromatic heterocycles. The number of nitrogens with zero attached hydrogens (tertiary/aromatic N) is 5. The van der Waals surface area contributed by atoms with E-state index in [4.69, 9.17) is 21.1 Å². The molecule has 5 rings (SSSR count). The summed E-state index contributed by atoms with van der Waals surface area (Å²) in [6, 6.07) is 3.60. The highest BCUT2D eigenvalue weighted by Crippen LogP contribution is 2.26. The van der Waals surface area contributed by atoms with Gasteiger partial charge in [-0.3, -0.25) is 24.0 Å². The second kappa shape index (κ2) is 10.1. The lowest BCUT2D eigenvalue weighted by molar-refractivity contribution is -0.136. The van der Waals surface area contributed by atoms with Crippen molar-refractivity contribution >= 4 is 35.4 Å². The Morgan fingerprint density at radius 2 is 2.08 bits per heavy atom. The van der Waals surface area contributed by atoms with Crippen LogP contribution in [0.3, 0.4) is 0 Å². The van der Waals surface area contributed by atoms with Gasteiger partial charge >= 0.3 is 6.03 Å². The topological polar surface area (TPSA) is 148 Å². The molecule has 0 radical (unpaired) electrons. The van der Waals surface area contributed by atoms with Gasteiger partial charge in [0.05, 0.1) is 43.1 Å². The largest absolute Gasteiger partial charge is 0.492 e. The van der Waals surface area contributed by atoms with E-state index in [-0.39, 0.29) is 38.7 Å². The molecule has 190 valence electrons. The highest BCUT2D eigenvalue weighted by molar-refractivity contribution is 6.32. The molecular weight excluding hydrogens is 494 g/mol. The molecule has 0 spiro atoms. The van der Waals surface area contributed by atoms with Gasteiger partial charge in [0.25, 0.3) is 11.8 Å². The third kappa shape index (κ3) is 5.11. The fourth-order valence-electron chi connectivity index (χ4n) is 4.26. The Bertz CT molecular complexity index is 1190. The number of benzene rings is 1. The average molecular weight is 518 g/mol. The number of halogens is 1. The molecule has 2 aromatic rings. The molecule has 5 amide bonds. The van der Waals surface area contributed by atoms with Gasteiger partial charge in [0.15, 0.2) is 0 Å². The van der Waals surface area contributed by atoms with Crippen LogP contribution >= 0.6 is 11.6 Å². The smallest absolute Gasteiger partial charge is 0.325 e. The van der Waals surface area contributed by atoms with Crippen molar-refractivity contribution < 1.29 is 28.7 Å². The number of urea groups is 1. The van der Waals surface area contributed by atoms with Gasteiger partial charge in [0, 0.05) is 31.6 Å². The van der Waals surface area contributed by atoms with Crippen LogP contribution in [0.4, 0.5) is 4.79 Å². The van der Waals surface area contributed by atoms with Crippen LogP contribution in [0.2, 0.25) is 5.02 Å². The number of carbonyl (C=O) groups excluding carboxylic acids is 4. The lowest BCUT2D eigenvalue weighted by atomic mass is 10.1. The van der Waals surface area contributed by atoms with Crippen LogP contribution in [0.25, 0.3) is 0 Å². The van der Waals surface area contributed by atoms with Crippen molar-refractivity contribution in [1.29, 1.82) is 0 Å². The van der Waals surface area contributed by atoms with Gasteiger partial charge in [0.1, 0.15) is 18.0 Å². The third-order valence-corrected chi connectivity index (χ3v) is 6.49. The van der Waals surface area contributed by atoms with Crippen molar-refractivity contribution in [3.8, 4) is 5.75 Å². The van der Waals surface area contributed by atoms with E-state index in [9.17, 15) is 19.2 Å². The molecule has 4 bridgehead atoms. The number of nitrogens with one attached hydrogen (secondary N) is 2. The Labute approximate surface area is 210 Å². The van der Waals surface area contributed by atoms with Gasteiger partial charge < -0.3 is 25.0 Å². The maximum absolute atomic E-state index is 13.1. The summed E-state index contributed by atoms with van der Waals surface area (Å²) >= 11 is 6.24. The van der Waals surface area contributed by atoms with E-state index < -0.39 is 30.0 Å². The molecule has 13 nitrogen and oxygen atoms in total. The number of amides is 5. The molecule has 3 aliphatic rings. The van der Waals surface area contributed by atoms with E-state index >= 15 is 0 Å². The number of likely N-dealkylation sites (tertiary alicyclic amines) is 1. The predicted molar refractivity (Wildman–Crippen MR) is 123 cm³/mol. The van der Waals surface area contributed by atoms with Gasteiger partial charge in [-0.1, -0.05) is 16.8 Å². The average Bonchev–Trinajstić information content (AvgIpc) is 3.56. The first kappa shape index (κ1) is 24.0. The molecule has 0 aliphatic carbocycles. The van der Waals surface area contributed by atoms with Gasteiger partial charge in [-0.15, -0.1) is 5.10 Å². The minimum atomic E-state index is -0.605. The zero-order valence-corrected chi connectivity index (χ0v) is 19.9. The minimum absolute atomic E-state index is 0.133. The first-order valence-electron chi connectivity index (χ1n) is 11.5. The quantitative estimate of drug-likeness (QED) is 0.520. The molecule has 2 saturated heterocycles. The lowest BCUT2D eigenvalue weighted by Gasteiger charge is -2.20. The predicted octanol–water partition coefficient (Wildman–Crippen LogP) is -0.208. The Morgan fingerprint density at radius 3 is 2.89 bits per heavy atom. The highest BCUT2D eigenvalue weighted by atomic mass is 35.5. The summed E-state index contributed by atoms with van der Waals surface area (Å²) in [6.07, 6.45) is 1.86. The summed E-state index contributed by atoms with van der Waals surface area (Å²) in [5, 5.41) is 13.9. The number of rotatable bonds is 2. The Hall–Kier alpha value is -3.71. The van der Waals surface area contributed by atoms with Crippen LogP contribution in [0.5, 0.6) is 5.75 Å². The van der Waals surface area contributed by atoms with Crippen LogP contribution in [0.1, 0.15) is 22.5 Å². The van der Waals surface area contributed by atoms with Crippen molar-refractivity contribution in [3.05, 3.63) is 40.7 Å². The molecule has 2 atom stereocenters. The number of aryl methyl sites for hydroxylation is 1. The molecular formula is C22H24ClN7O6. The second-order valence-electron chi connectivity index (χ2n) is 8.69. The first-order valence-corrected chi connectivity index (χ1v) is 11.8. The first-order chi connectivity index (χ1) is 17.4. The molecule has 2 fully saturated rings. The van der Waals surface area contributed by atoms with E-state index in [0.29, 0.717) is 41.6 Å². The highest BCUT2D eigenvalue weighted by Gasteiger charge is 2.39.